The van der Waals surface area contributed by atoms with Gasteiger partial charge in [0.1, 0.15) is 6.07 Å². The summed E-state index contributed by atoms with van der Waals surface area (Å²) < 4.78 is 2.31. The molecule has 0 atom stereocenters. The number of nitrogens with zero attached hydrogens (tertiary/aromatic N) is 3. The average molecular weight is 279 g/mol. The van der Waals surface area contributed by atoms with Crippen LogP contribution in [0.25, 0.3) is 11.6 Å². The van der Waals surface area contributed by atoms with Crippen LogP contribution in [0.5, 0.6) is 0 Å². The molecule has 21 heavy (non-hydrogen) atoms. The zero-order valence-electron chi connectivity index (χ0n) is 13.1. The van der Waals surface area contributed by atoms with Gasteiger partial charge in [0.25, 0.3) is 0 Å². The third-order valence-corrected chi connectivity index (χ3v) is 3.52. The molecule has 0 aromatic carbocycles. The summed E-state index contributed by atoms with van der Waals surface area (Å²) in [6.07, 6.45) is 3.64. The Balaban J connectivity index is 2.43. The van der Waals surface area contributed by atoms with Crippen molar-refractivity contribution in [3.8, 4) is 6.07 Å². The van der Waals surface area contributed by atoms with Gasteiger partial charge in [-0.3, -0.25) is 4.98 Å². The number of allylic oxidation sites excluding steroid dienone is 1. The van der Waals surface area contributed by atoms with E-state index in [1.165, 1.54) is 11.4 Å². The molecule has 0 aliphatic carbocycles. The molecular weight excluding hydrogens is 258 g/mol. The van der Waals surface area contributed by atoms with Crippen LogP contribution in [0.15, 0.2) is 30.5 Å². The fraction of sp³-hybridized carbons (Fsp3) is 0.333. The number of nitriles is 1. The van der Waals surface area contributed by atoms with Crippen LogP contribution < -0.4 is 0 Å². The molecule has 0 N–H and O–H groups in total. The SMILES string of the molecule is Cc1cc(/C=C(\C#N)c2ccccn2)c(C)n1CC(C)C. The molecule has 0 aliphatic rings. The molecule has 2 aromatic rings. The van der Waals surface area contributed by atoms with E-state index in [0.717, 1.165) is 12.1 Å². The van der Waals surface area contributed by atoms with Gasteiger partial charge in [0.2, 0.25) is 0 Å². The summed E-state index contributed by atoms with van der Waals surface area (Å²) >= 11 is 0. The van der Waals surface area contributed by atoms with E-state index >= 15 is 0 Å². The van der Waals surface area contributed by atoms with E-state index < -0.39 is 0 Å². The number of aromatic nitrogens is 2. The van der Waals surface area contributed by atoms with Gasteiger partial charge in [0.05, 0.1) is 11.3 Å². The maximum absolute atomic E-state index is 9.39. The largest absolute Gasteiger partial charge is 0.348 e. The highest BCUT2D eigenvalue weighted by atomic mass is 15.0. The highest BCUT2D eigenvalue weighted by Gasteiger charge is 2.10. The van der Waals surface area contributed by atoms with Gasteiger partial charge >= 0.3 is 0 Å². The maximum atomic E-state index is 9.39. The van der Waals surface area contributed by atoms with Gasteiger partial charge in [-0.15, -0.1) is 0 Å². The lowest BCUT2D eigenvalue weighted by Crippen LogP contribution is -2.07. The molecule has 0 unspecified atom stereocenters. The smallest absolute Gasteiger partial charge is 0.101 e. The summed E-state index contributed by atoms with van der Waals surface area (Å²) in [5, 5.41) is 9.39. The fourth-order valence-corrected chi connectivity index (χ4v) is 2.46. The van der Waals surface area contributed by atoms with Crippen LogP contribution in [-0.2, 0) is 6.54 Å². The van der Waals surface area contributed by atoms with Crippen LogP contribution in [0.2, 0.25) is 0 Å². The molecule has 0 spiro atoms. The Morgan fingerprint density at radius 1 is 1.38 bits per heavy atom. The fourth-order valence-electron chi connectivity index (χ4n) is 2.46. The van der Waals surface area contributed by atoms with Crippen molar-refractivity contribution in [2.24, 2.45) is 5.92 Å². The van der Waals surface area contributed by atoms with Crippen molar-refractivity contribution in [3.63, 3.8) is 0 Å². The summed E-state index contributed by atoms with van der Waals surface area (Å²) in [6, 6.07) is 10.0. The molecule has 0 bridgehead atoms. The lowest BCUT2D eigenvalue weighted by atomic mass is 10.1. The summed E-state index contributed by atoms with van der Waals surface area (Å²) in [4.78, 5) is 4.26. The van der Waals surface area contributed by atoms with E-state index in [1.807, 2.05) is 24.3 Å². The molecule has 2 heterocycles. The van der Waals surface area contributed by atoms with Crippen LogP contribution >= 0.6 is 0 Å². The first-order valence-electron chi connectivity index (χ1n) is 7.23. The van der Waals surface area contributed by atoms with Crippen molar-refractivity contribution in [3.05, 3.63) is 53.1 Å². The quantitative estimate of drug-likeness (QED) is 0.786. The minimum atomic E-state index is 0.595. The predicted molar refractivity (Wildman–Crippen MR) is 86.5 cm³/mol. The van der Waals surface area contributed by atoms with Crippen molar-refractivity contribution in [1.82, 2.24) is 9.55 Å². The number of hydrogen-bond donors (Lipinski definition) is 0. The van der Waals surface area contributed by atoms with Gasteiger partial charge in [-0.25, -0.2) is 0 Å². The Labute approximate surface area is 126 Å². The zero-order chi connectivity index (χ0) is 15.4. The third-order valence-electron chi connectivity index (χ3n) is 3.52. The highest BCUT2D eigenvalue weighted by molar-refractivity contribution is 5.88. The lowest BCUT2D eigenvalue weighted by molar-refractivity contribution is 0.509. The van der Waals surface area contributed by atoms with Crippen molar-refractivity contribution < 1.29 is 0 Å². The van der Waals surface area contributed by atoms with Crippen LogP contribution in [-0.4, -0.2) is 9.55 Å². The molecule has 2 aromatic heterocycles. The van der Waals surface area contributed by atoms with Crippen LogP contribution in [0, 0.1) is 31.1 Å². The molecule has 3 heteroatoms. The topological polar surface area (TPSA) is 41.6 Å². The van der Waals surface area contributed by atoms with Crippen molar-refractivity contribution >= 4 is 11.6 Å². The second-order valence-electron chi connectivity index (χ2n) is 5.72. The molecule has 0 saturated carbocycles. The first-order valence-corrected chi connectivity index (χ1v) is 7.23. The van der Waals surface area contributed by atoms with Gasteiger partial charge in [0, 0.05) is 24.1 Å². The van der Waals surface area contributed by atoms with E-state index in [4.69, 9.17) is 0 Å². The van der Waals surface area contributed by atoms with E-state index in [9.17, 15) is 5.26 Å². The van der Waals surface area contributed by atoms with Crippen LogP contribution in [0.1, 0.15) is 36.5 Å². The monoisotopic (exact) mass is 279 g/mol. The first kappa shape index (κ1) is 15.1. The molecule has 108 valence electrons. The minimum Gasteiger partial charge on any atom is -0.348 e. The third kappa shape index (κ3) is 3.41. The zero-order valence-corrected chi connectivity index (χ0v) is 13.1. The number of aryl methyl sites for hydroxylation is 1. The molecule has 0 radical (unpaired) electrons. The van der Waals surface area contributed by atoms with Crippen molar-refractivity contribution in [2.75, 3.05) is 0 Å². The summed E-state index contributed by atoms with van der Waals surface area (Å²) in [5.41, 5.74) is 4.83. The lowest BCUT2D eigenvalue weighted by Gasteiger charge is -2.12. The Hall–Kier alpha value is -2.34. The van der Waals surface area contributed by atoms with E-state index in [0.29, 0.717) is 17.2 Å². The molecule has 3 nitrogen and oxygen atoms in total. The first-order chi connectivity index (χ1) is 10.0. The second-order valence-corrected chi connectivity index (χ2v) is 5.72. The highest BCUT2D eigenvalue weighted by Crippen LogP contribution is 2.22. The molecule has 0 saturated heterocycles. The molecule has 0 fully saturated rings. The summed E-state index contributed by atoms with van der Waals surface area (Å²) in [6.45, 7) is 9.64. The van der Waals surface area contributed by atoms with Gasteiger partial charge in [-0.05, 0) is 49.6 Å². The van der Waals surface area contributed by atoms with Gasteiger partial charge in [-0.2, -0.15) is 5.26 Å². The van der Waals surface area contributed by atoms with E-state index in [1.54, 1.807) is 6.20 Å². The van der Waals surface area contributed by atoms with E-state index in [2.05, 4.69) is 49.4 Å². The predicted octanol–water partition coefficient (Wildman–Crippen LogP) is 4.22. The second kappa shape index (κ2) is 6.41. The standard InChI is InChI=1S/C18H21N3/c1-13(2)12-21-14(3)9-16(15(21)4)10-17(11-19)18-7-5-6-8-20-18/h5-10,13H,12H2,1-4H3/b17-10+. The summed E-state index contributed by atoms with van der Waals surface area (Å²) in [7, 11) is 0. The van der Waals surface area contributed by atoms with Gasteiger partial charge < -0.3 is 4.57 Å². The Kier molecular flexibility index (Phi) is 4.59. The Bertz CT molecular complexity index is 685. The normalized spacial score (nSPS) is 11.7. The number of rotatable bonds is 4. The molecule has 2 rings (SSSR count). The van der Waals surface area contributed by atoms with E-state index in [-0.39, 0.29) is 0 Å². The molecular formula is C18H21N3. The Morgan fingerprint density at radius 3 is 2.71 bits per heavy atom. The maximum Gasteiger partial charge on any atom is 0.101 e. The van der Waals surface area contributed by atoms with Crippen LogP contribution in [0.3, 0.4) is 0 Å². The van der Waals surface area contributed by atoms with Crippen molar-refractivity contribution in [1.29, 1.82) is 5.26 Å². The number of pyridine rings is 1. The van der Waals surface area contributed by atoms with Gasteiger partial charge in [-0.1, -0.05) is 19.9 Å². The van der Waals surface area contributed by atoms with Gasteiger partial charge in [0.15, 0.2) is 0 Å². The Morgan fingerprint density at radius 2 is 2.14 bits per heavy atom. The van der Waals surface area contributed by atoms with Crippen molar-refractivity contribution in [2.45, 2.75) is 34.2 Å². The minimum absolute atomic E-state index is 0.595. The molecule has 0 aliphatic heterocycles. The average Bonchev–Trinajstić information content (AvgIpc) is 2.73. The number of hydrogen-bond acceptors (Lipinski definition) is 2. The summed E-state index contributed by atoms with van der Waals surface area (Å²) in [5.74, 6) is 0.595. The van der Waals surface area contributed by atoms with Crippen LogP contribution in [0.4, 0.5) is 0 Å². The molecule has 0 amide bonds.